The van der Waals surface area contributed by atoms with Crippen LogP contribution in [0.25, 0.3) is 11.5 Å². The van der Waals surface area contributed by atoms with Crippen LogP contribution in [0.5, 0.6) is 0 Å². The quantitative estimate of drug-likeness (QED) is 0.916. The van der Waals surface area contributed by atoms with Crippen molar-refractivity contribution in [1.82, 2.24) is 15.0 Å². The maximum absolute atomic E-state index is 12.9. The third-order valence-corrected chi connectivity index (χ3v) is 4.24. The zero-order chi connectivity index (χ0) is 17.3. The van der Waals surface area contributed by atoms with Crippen LogP contribution in [0, 0.1) is 0 Å². The molecule has 0 aliphatic carbocycles. The molecule has 3 rings (SSSR count). The first-order valence-corrected chi connectivity index (χ1v) is 8.27. The highest BCUT2D eigenvalue weighted by molar-refractivity contribution is 6.00. The summed E-state index contributed by atoms with van der Waals surface area (Å²) in [6, 6.07) is 7.29. The van der Waals surface area contributed by atoms with Gasteiger partial charge < -0.3 is 14.5 Å². The Labute approximate surface area is 141 Å². The third kappa shape index (κ3) is 3.33. The summed E-state index contributed by atoms with van der Waals surface area (Å²) in [7, 11) is 0. The molecule has 2 aromatic rings. The van der Waals surface area contributed by atoms with E-state index >= 15 is 0 Å². The SMILES string of the molecule is CC(C)(C)c1noc(-c2ccccc2C(=O)N2CCC(O)CC2)n1. The predicted octanol–water partition coefficient (Wildman–Crippen LogP) is 2.63. The van der Waals surface area contributed by atoms with Crippen LogP contribution < -0.4 is 0 Å². The van der Waals surface area contributed by atoms with Crippen molar-refractivity contribution in [3.8, 4) is 11.5 Å². The predicted molar refractivity (Wildman–Crippen MR) is 89.6 cm³/mol. The summed E-state index contributed by atoms with van der Waals surface area (Å²) in [6.07, 6.45) is 0.917. The van der Waals surface area contributed by atoms with Crippen LogP contribution in [0.1, 0.15) is 49.8 Å². The van der Waals surface area contributed by atoms with Crippen molar-refractivity contribution in [3.05, 3.63) is 35.7 Å². The van der Waals surface area contributed by atoms with Gasteiger partial charge in [0.05, 0.1) is 17.2 Å². The van der Waals surface area contributed by atoms with Gasteiger partial charge in [-0.15, -0.1) is 0 Å². The van der Waals surface area contributed by atoms with Crippen molar-refractivity contribution in [2.75, 3.05) is 13.1 Å². The van der Waals surface area contributed by atoms with E-state index in [0.29, 0.717) is 48.8 Å². The molecule has 0 saturated carbocycles. The van der Waals surface area contributed by atoms with E-state index in [9.17, 15) is 9.90 Å². The molecule has 1 N–H and O–H groups in total. The smallest absolute Gasteiger partial charge is 0.258 e. The number of aromatic nitrogens is 2. The summed E-state index contributed by atoms with van der Waals surface area (Å²) in [5, 5.41) is 13.7. The molecule has 0 atom stereocenters. The van der Waals surface area contributed by atoms with Gasteiger partial charge in [0.15, 0.2) is 5.82 Å². The first-order chi connectivity index (χ1) is 11.4. The lowest BCUT2D eigenvalue weighted by atomic mass is 9.96. The lowest BCUT2D eigenvalue weighted by Gasteiger charge is -2.30. The van der Waals surface area contributed by atoms with Crippen molar-refractivity contribution >= 4 is 5.91 Å². The minimum atomic E-state index is -0.311. The second-order valence-corrected chi connectivity index (χ2v) is 7.24. The van der Waals surface area contributed by atoms with E-state index in [-0.39, 0.29) is 17.4 Å². The van der Waals surface area contributed by atoms with Gasteiger partial charge in [-0.1, -0.05) is 38.1 Å². The van der Waals surface area contributed by atoms with Crippen LogP contribution in [-0.4, -0.2) is 45.2 Å². The number of aliphatic hydroxyl groups is 1. The topological polar surface area (TPSA) is 79.5 Å². The second-order valence-electron chi connectivity index (χ2n) is 7.24. The number of hydrogen-bond acceptors (Lipinski definition) is 5. The van der Waals surface area contributed by atoms with Crippen LogP contribution >= 0.6 is 0 Å². The number of amides is 1. The summed E-state index contributed by atoms with van der Waals surface area (Å²) < 4.78 is 5.40. The van der Waals surface area contributed by atoms with E-state index < -0.39 is 0 Å². The highest BCUT2D eigenvalue weighted by Gasteiger charge is 2.27. The first kappa shape index (κ1) is 16.6. The van der Waals surface area contributed by atoms with Gasteiger partial charge in [0.25, 0.3) is 11.8 Å². The van der Waals surface area contributed by atoms with Gasteiger partial charge in [-0.05, 0) is 25.0 Å². The third-order valence-electron chi connectivity index (χ3n) is 4.24. The summed E-state index contributed by atoms with van der Waals surface area (Å²) in [5.74, 6) is 0.912. The van der Waals surface area contributed by atoms with Gasteiger partial charge >= 0.3 is 0 Å². The molecule has 0 radical (unpaired) electrons. The normalized spacial score (nSPS) is 16.4. The number of likely N-dealkylation sites (tertiary alicyclic amines) is 1. The summed E-state index contributed by atoms with van der Waals surface area (Å²) in [6.45, 7) is 7.16. The highest BCUT2D eigenvalue weighted by atomic mass is 16.5. The molecule has 6 heteroatoms. The Morgan fingerprint density at radius 3 is 2.54 bits per heavy atom. The number of aliphatic hydroxyl groups excluding tert-OH is 1. The van der Waals surface area contributed by atoms with E-state index in [1.54, 1.807) is 11.0 Å². The molecule has 0 bridgehead atoms. The second kappa shape index (κ2) is 6.36. The fourth-order valence-corrected chi connectivity index (χ4v) is 2.73. The van der Waals surface area contributed by atoms with Crippen molar-refractivity contribution < 1.29 is 14.4 Å². The Kier molecular flexibility index (Phi) is 4.41. The molecule has 1 aromatic heterocycles. The number of benzene rings is 1. The number of nitrogens with zero attached hydrogens (tertiary/aromatic N) is 3. The zero-order valence-corrected chi connectivity index (χ0v) is 14.3. The Morgan fingerprint density at radius 1 is 1.25 bits per heavy atom. The van der Waals surface area contributed by atoms with Crippen LogP contribution in [-0.2, 0) is 5.41 Å². The standard InChI is InChI=1S/C18H23N3O3/c1-18(2,3)17-19-15(24-20-17)13-6-4-5-7-14(13)16(23)21-10-8-12(22)9-11-21/h4-7,12,22H,8-11H2,1-3H3. The summed E-state index contributed by atoms with van der Waals surface area (Å²) in [4.78, 5) is 19.1. The minimum absolute atomic E-state index is 0.0620. The highest BCUT2D eigenvalue weighted by Crippen LogP contribution is 2.27. The molecule has 1 amide bonds. The van der Waals surface area contributed by atoms with Crippen molar-refractivity contribution in [2.45, 2.75) is 45.1 Å². The van der Waals surface area contributed by atoms with Crippen LogP contribution in [0.2, 0.25) is 0 Å². The van der Waals surface area contributed by atoms with E-state index in [0.717, 1.165) is 0 Å². The molecule has 2 heterocycles. The maximum atomic E-state index is 12.9. The Balaban J connectivity index is 1.91. The van der Waals surface area contributed by atoms with E-state index in [1.165, 1.54) is 0 Å². The maximum Gasteiger partial charge on any atom is 0.258 e. The molecule has 1 fully saturated rings. The van der Waals surface area contributed by atoms with Crippen LogP contribution in [0.3, 0.4) is 0 Å². The molecule has 1 saturated heterocycles. The van der Waals surface area contributed by atoms with E-state index in [1.807, 2.05) is 39.0 Å². The van der Waals surface area contributed by atoms with E-state index in [2.05, 4.69) is 10.1 Å². The van der Waals surface area contributed by atoms with Gasteiger partial charge in [-0.2, -0.15) is 4.98 Å². The molecule has 1 aliphatic rings. The molecule has 0 unspecified atom stereocenters. The lowest BCUT2D eigenvalue weighted by molar-refractivity contribution is 0.0547. The fraction of sp³-hybridized carbons (Fsp3) is 0.500. The number of rotatable bonds is 2. The van der Waals surface area contributed by atoms with Gasteiger partial charge in [0.2, 0.25) is 0 Å². The monoisotopic (exact) mass is 329 g/mol. The molecule has 1 aromatic carbocycles. The minimum Gasteiger partial charge on any atom is -0.393 e. The number of hydrogen-bond donors (Lipinski definition) is 1. The molecular formula is C18H23N3O3. The molecule has 6 nitrogen and oxygen atoms in total. The Bertz CT molecular complexity index is 725. The molecule has 1 aliphatic heterocycles. The average Bonchev–Trinajstić information content (AvgIpc) is 3.05. The molecular weight excluding hydrogens is 306 g/mol. The summed E-state index contributed by atoms with van der Waals surface area (Å²) >= 11 is 0. The molecule has 24 heavy (non-hydrogen) atoms. The Hall–Kier alpha value is -2.21. The number of carbonyl (C=O) groups is 1. The summed E-state index contributed by atoms with van der Waals surface area (Å²) in [5.41, 5.74) is 0.985. The largest absolute Gasteiger partial charge is 0.393 e. The van der Waals surface area contributed by atoms with Gasteiger partial charge in [0, 0.05) is 18.5 Å². The van der Waals surface area contributed by atoms with Gasteiger partial charge in [0.1, 0.15) is 0 Å². The Morgan fingerprint density at radius 2 is 1.92 bits per heavy atom. The van der Waals surface area contributed by atoms with Gasteiger partial charge in [-0.25, -0.2) is 0 Å². The fourth-order valence-electron chi connectivity index (χ4n) is 2.73. The first-order valence-electron chi connectivity index (χ1n) is 8.27. The lowest BCUT2D eigenvalue weighted by Crippen LogP contribution is -2.40. The van der Waals surface area contributed by atoms with Crippen LogP contribution in [0.15, 0.2) is 28.8 Å². The van der Waals surface area contributed by atoms with Gasteiger partial charge in [-0.3, -0.25) is 4.79 Å². The molecule has 128 valence electrons. The number of carbonyl (C=O) groups excluding carboxylic acids is 1. The van der Waals surface area contributed by atoms with Crippen molar-refractivity contribution in [3.63, 3.8) is 0 Å². The molecule has 0 spiro atoms. The van der Waals surface area contributed by atoms with Crippen molar-refractivity contribution in [2.24, 2.45) is 0 Å². The van der Waals surface area contributed by atoms with Crippen molar-refractivity contribution in [1.29, 1.82) is 0 Å². The average molecular weight is 329 g/mol. The number of piperidine rings is 1. The zero-order valence-electron chi connectivity index (χ0n) is 14.3. The van der Waals surface area contributed by atoms with Crippen LogP contribution in [0.4, 0.5) is 0 Å². The van der Waals surface area contributed by atoms with E-state index in [4.69, 9.17) is 4.52 Å².